The number of hydrogen-bond acceptors (Lipinski definition) is 3. The van der Waals surface area contributed by atoms with E-state index in [2.05, 4.69) is 0 Å². The highest BCUT2D eigenvalue weighted by atomic mass is 35.5. The Morgan fingerprint density at radius 3 is 2.89 bits per heavy atom. The number of methoxy groups -OCH3 is 1. The maximum Gasteiger partial charge on any atom is 0.124 e. The highest BCUT2D eigenvalue weighted by Gasteiger charge is 2.44. The molecule has 0 amide bonds. The van der Waals surface area contributed by atoms with Gasteiger partial charge in [-0.05, 0) is 37.5 Å². The van der Waals surface area contributed by atoms with Crippen LogP contribution in [0, 0.1) is 5.92 Å². The summed E-state index contributed by atoms with van der Waals surface area (Å²) in [5, 5.41) is 11.2. The summed E-state index contributed by atoms with van der Waals surface area (Å²) in [6, 6.07) is 5.36. The van der Waals surface area contributed by atoms with E-state index in [9.17, 15) is 5.11 Å². The predicted molar refractivity (Wildman–Crippen MR) is 69.0 cm³/mol. The molecule has 0 aliphatic carbocycles. The van der Waals surface area contributed by atoms with Crippen LogP contribution in [0.3, 0.4) is 0 Å². The standard InChI is InChI=1S/C14H17ClO3/c1-17-12-4-2-8(15)6-10(12)14(16)11-7-9-3-5-13(11)18-9/h2,4,6,9,11,13-14,16H,3,5,7H2,1H3. The molecule has 98 valence electrons. The first kappa shape index (κ1) is 12.3. The Kier molecular flexibility index (Phi) is 3.22. The van der Waals surface area contributed by atoms with Gasteiger partial charge in [0.2, 0.25) is 0 Å². The van der Waals surface area contributed by atoms with Crippen LogP contribution in [0.4, 0.5) is 0 Å². The summed E-state index contributed by atoms with van der Waals surface area (Å²) in [6.07, 6.45) is 3.07. The molecule has 0 aromatic heterocycles. The molecule has 2 saturated heterocycles. The molecule has 2 aliphatic heterocycles. The highest BCUT2D eigenvalue weighted by Crippen LogP contribution is 2.46. The predicted octanol–water partition coefficient (Wildman–Crippen LogP) is 2.95. The van der Waals surface area contributed by atoms with Crippen LogP contribution in [-0.2, 0) is 4.74 Å². The minimum Gasteiger partial charge on any atom is -0.496 e. The molecule has 1 aromatic rings. The molecule has 3 nitrogen and oxygen atoms in total. The molecule has 2 bridgehead atoms. The Morgan fingerprint density at radius 2 is 2.28 bits per heavy atom. The largest absolute Gasteiger partial charge is 0.496 e. The van der Waals surface area contributed by atoms with Crippen molar-refractivity contribution in [3.05, 3.63) is 28.8 Å². The average Bonchev–Trinajstić information content (AvgIpc) is 3.00. The van der Waals surface area contributed by atoms with Gasteiger partial charge in [0.1, 0.15) is 5.75 Å². The van der Waals surface area contributed by atoms with Gasteiger partial charge in [-0.1, -0.05) is 11.6 Å². The van der Waals surface area contributed by atoms with Crippen molar-refractivity contribution in [3.63, 3.8) is 0 Å². The van der Waals surface area contributed by atoms with Crippen LogP contribution in [-0.4, -0.2) is 24.4 Å². The van der Waals surface area contributed by atoms with Crippen LogP contribution < -0.4 is 4.74 Å². The van der Waals surface area contributed by atoms with Gasteiger partial charge in [0.25, 0.3) is 0 Å². The minimum absolute atomic E-state index is 0.163. The molecule has 18 heavy (non-hydrogen) atoms. The van der Waals surface area contributed by atoms with E-state index < -0.39 is 6.10 Å². The third kappa shape index (κ3) is 2.00. The van der Waals surface area contributed by atoms with E-state index in [1.54, 1.807) is 25.3 Å². The van der Waals surface area contributed by atoms with E-state index in [1.165, 1.54) is 0 Å². The van der Waals surface area contributed by atoms with E-state index >= 15 is 0 Å². The molecule has 0 saturated carbocycles. The van der Waals surface area contributed by atoms with Gasteiger partial charge in [0.15, 0.2) is 0 Å². The maximum atomic E-state index is 10.6. The maximum absolute atomic E-state index is 10.6. The number of halogens is 1. The highest BCUT2D eigenvalue weighted by molar-refractivity contribution is 6.30. The molecule has 0 spiro atoms. The van der Waals surface area contributed by atoms with Crippen molar-refractivity contribution in [2.75, 3.05) is 7.11 Å². The number of fused-ring (bicyclic) bond motifs is 2. The molecule has 4 heteroatoms. The van der Waals surface area contributed by atoms with Gasteiger partial charge >= 0.3 is 0 Å². The smallest absolute Gasteiger partial charge is 0.124 e. The molecule has 1 aromatic carbocycles. The molecule has 4 unspecified atom stereocenters. The molecule has 2 fully saturated rings. The van der Waals surface area contributed by atoms with Crippen molar-refractivity contribution in [2.24, 2.45) is 5.92 Å². The lowest BCUT2D eigenvalue weighted by Crippen LogP contribution is -2.24. The van der Waals surface area contributed by atoms with Gasteiger partial charge in [0.05, 0.1) is 25.4 Å². The summed E-state index contributed by atoms with van der Waals surface area (Å²) < 4.78 is 11.1. The van der Waals surface area contributed by atoms with Crippen LogP contribution >= 0.6 is 11.6 Å². The first-order valence-corrected chi connectivity index (χ1v) is 6.74. The quantitative estimate of drug-likeness (QED) is 0.916. The third-order valence-electron chi connectivity index (χ3n) is 4.07. The Hall–Kier alpha value is -0.770. The topological polar surface area (TPSA) is 38.7 Å². The molecule has 0 radical (unpaired) electrons. The Morgan fingerprint density at radius 1 is 1.44 bits per heavy atom. The van der Waals surface area contributed by atoms with Crippen molar-refractivity contribution >= 4 is 11.6 Å². The van der Waals surface area contributed by atoms with Gasteiger partial charge in [-0.2, -0.15) is 0 Å². The minimum atomic E-state index is -0.561. The summed E-state index contributed by atoms with van der Waals surface area (Å²) in [5.41, 5.74) is 0.770. The fourth-order valence-electron chi connectivity index (χ4n) is 3.18. The number of aliphatic hydroxyl groups excluding tert-OH is 1. The summed E-state index contributed by atoms with van der Waals surface area (Å²) in [5.74, 6) is 0.853. The zero-order chi connectivity index (χ0) is 12.7. The number of ether oxygens (including phenoxy) is 2. The van der Waals surface area contributed by atoms with E-state index in [-0.39, 0.29) is 12.0 Å². The normalized spacial score (nSPS) is 31.6. The third-order valence-corrected chi connectivity index (χ3v) is 4.30. The lowest BCUT2D eigenvalue weighted by atomic mass is 9.82. The van der Waals surface area contributed by atoms with Gasteiger partial charge in [-0.25, -0.2) is 0 Å². The van der Waals surface area contributed by atoms with Crippen molar-refractivity contribution in [2.45, 2.75) is 37.6 Å². The summed E-state index contributed by atoms with van der Waals surface area (Å²) in [4.78, 5) is 0. The van der Waals surface area contributed by atoms with Gasteiger partial charge < -0.3 is 14.6 Å². The van der Waals surface area contributed by atoms with Gasteiger partial charge in [0, 0.05) is 16.5 Å². The first-order chi connectivity index (χ1) is 8.69. The molecular formula is C14H17ClO3. The van der Waals surface area contributed by atoms with Crippen molar-refractivity contribution < 1.29 is 14.6 Å². The van der Waals surface area contributed by atoms with E-state index in [0.717, 1.165) is 24.8 Å². The van der Waals surface area contributed by atoms with Crippen LogP contribution in [0.2, 0.25) is 5.02 Å². The fourth-order valence-corrected chi connectivity index (χ4v) is 3.36. The monoisotopic (exact) mass is 268 g/mol. The average molecular weight is 269 g/mol. The van der Waals surface area contributed by atoms with Gasteiger partial charge in [-0.3, -0.25) is 0 Å². The van der Waals surface area contributed by atoms with Crippen molar-refractivity contribution in [3.8, 4) is 5.75 Å². The van der Waals surface area contributed by atoms with Crippen LogP contribution in [0.1, 0.15) is 30.9 Å². The van der Waals surface area contributed by atoms with E-state index in [0.29, 0.717) is 16.9 Å². The van der Waals surface area contributed by atoms with Crippen molar-refractivity contribution in [1.29, 1.82) is 0 Å². The summed E-state index contributed by atoms with van der Waals surface area (Å²) >= 11 is 6.01. The van der Waals surface area contributed by atoms with Crippen LogP contribution in [0.15, 0.2) is 18.2 Å². The fraction of sp³-hybridized carbons (Fsp3) is 0.571. The molecule has 2 aliphatic rings. The number of rotatable bonds is 3. The van der Waals surface area contributed by atoms with Gasteiger partial charge in [-0.15, -0.1) is 0 Å². The SMILES string of the molecule is COc1ccc(Cl)cc1C(O)C1CC2CCC1O2. The van der Waals surface area contributed by atoms with Crippen LogP contribution in [0.25, 0.3) is 0 Å². The molecular weight excluding hydrogens is 252 g/mol. The second kappa shape index (κ2) is 4.72. The number of benzene rings is 1. The molecule has 3 rings (SSSR count). The van der Waals surface area contributed by atoms with E-state index in [1.807, 2.05) is 0 Å². The molecule has 2 heterocycles. The first-order valence-electron chi connectivity index (χ1n) is 6.36. The van der Waals surface area contributed by atoms with Crippen molar-refractivity contribution in [1.82, 2.24) is 0 Å². The lowest BCUT2D eigenvalue weighted by molar-refractivity contribution is 0.0412. The Labute approximate surface area is 112 Å². The summed E-state index contributed by atoms with van der Waals surface area (Å²) in [6.45, 7) is 0. The number of aliphatic hydroxyl groups is 1. The van der Waals surface area contributed by atoms with Crippen LogP contribution in [0.5, 0.6) is 5.75 Å². The Bertz CT molecular complexity index is 449. The lowest BCUT2D eigenvalue weighted by Gasteiger charge is -2.25. The summed E-state index contributed by atoms with van der Waals surface area (Å²) in [7, 11) is 1.61. The second-order valence-electron chi connectivity index (χ2n) is 5.10. The molecule has 4 atom stereocenters. The van der Waals surface area contributed by atoms with E-state index in [4.69, 9.17) is 21.1 Å². The Balaban J connectivity index is 1.87. The zero-order valence-electron chi connectivity index (χ0n) is 10.3. The number of hydrogen-bond donors (Lipinski definition) is 1. The second-order valence-corrected chi connectivity index (χ2v) is 5.54. The zero-order valence-corrected chi connectivity index (χ0v) is 11.1. The molecule has 1 N–H and O–H groups in total.